The molecule has 3 N–H and O–H groups in total. The van der Waals surface area contributed by atoms with Gasteiger partial charge >= 0.3 is 6.09 Å². The fourth-order valence-corrected chi connectivity index (χ4v) is 2.12. The summed E-state index contributed by atoms with van der Waals surface area (Å²) in [6.07, 6.45) is -0.678. The molecule has 1 atom stereocenters. The molecule has 0 saturated heterocycles. The zero-order valence-corrected chi connectivity index (χ0v) is 16.1. The van der Waals surface area contributed by atoms with Crippen LogP contribution in [0.3, 0.4) is 0 Å². The van der Waals surface area contributed by atoms with Crippen LogP contribution in [0.5, 0.6) is 0 Å². The van der Waals surface area contributed by atoms with Gasteiger partial charge in [0.1, 0.15) is 18.2 Å². The number of hydrogen-bond donors (Lipinski definition) is 3. The molecule has 0 aromatic heterocycles. The predicted molar refractivity (Wildman–Crippen MR) is 99.3 cm³/mol. The van der Waals surface area contributed by atoms with Gasteiger partial charge in [-0.15, -0.1) is 0 Å². The Morgan fingerprint density at radius 3 is 2.19 bits per heavy atom. The molecular formula is C19H29N3O4. The molecule has 7 heteroatoms. The van der Waals surface area contributed by atoms with Gasteiger partial charge in [0.15, 0.2) is 0 Å². The van der Waals surface area contributed by atoms with Crippen molar-refractivity contribution >= 4 is 17.9 Å². The molecule has 0 bridgehead atoms. The largest absolute Gasteiger partial charge is 0.444 e. The summed E-state index contributed by atoms with van der Waals surface area (Å²) in [6.45, 7) is 9.01. The number of carbonyl (C=O) groups excluding carboxylic acids is 3. The van der Waals surface area contributed by atoms with Crippen molar-refractivity contribution < 1.29 is 19.1 Å². The van der Waals surface area contributed by atoms with Gasteiger partial charge < -0.3 is 20.7 Å². The van der Waals surface area contributed by atoms with E-state index in [1.54, 1.807) is 20.8 Å². The first-order valence-electron chi connectivity index (χ1n) is 8.66. The van der Waals surface area contributed by atoms with E-state index < -0.39 is 23.6 Å². The second-order valence-electron chi connectivity index (χ2n) is 7.35. The molecule has 0 saturated carbocycles. The van der Waals surface area contributed by atoms with Crippen LogP contribution >= 0.6 is 0 Å². The highest BCUT2D eigenvalue weighted by Crippen LogP contribution is 2.06. The number of amides is 3. The zero-order chi connectivity index (χ0) is 19.7. The third-order valence-corrected chi connectivity index (χ3v) is 3.37. The maximum atomic E-state index is 12.4. The molecule has 0 aliphatic carbocycles. The molecule has 1 aromatic carbocycles. The van der Waals surface area contributed by atoms with Crippen molar-refractivity contribution in [3.63, 3.8) is 0 Å². The summed E-state index contributed by atoms with van der Waals surface area (Å²) in [6, 6.07) is 8.82. The minimum Gasteiger partial charge on any atom is -0.444 e. The minimum absolute atomic E-state index is 0.101. The Morgan fingerprint density at radius 1 is 1.04 bits per heavy atom. The SMILES string of the molecule is CC(C)[C@H](NC(=O)CNC(=O)OC(C)(C)C)C(=O)NCc1ccccc1. The average molecular weight is 363 g/mol. The topological polar surface area (TPSA) is 96.5 Å². The quantitative estimate of drug-likeness (QED) is 0.690. The summed E-state index contributed by atoms with van der Waals surface area (Å²) >= 11 is 0. The number of rotatable bonds is 7. The van der Waals surface area contributed by atoms with E-state index in [-0.39, 0.29) is 18.4 Å². The predicted octanol–water partition coefficient (Wildman–Crippen LogP) is 1.97. The lowest BCUT2D eigenvalue weighted by atomic mass is 10.0. The lowest BCUT2D eigenvalue weighted by Crippen LogP contribution is -2.52. The van der Waals surface area contributed by atoms with Crippen LogP contribution in [0.1, 0.15) is 40.2 Å². The molecule has 7 nitrogen and oxygen atoms in total. The lowest BCUT2D eigenvalue weighted by Gasteiger charge is -2.22. The third-order valence-electron chi connectivity index (χ3n) is 3.37. The second kappa shape index (κ2) is 9.79. The second-order valence-corrected chi connectivity index (χ2v) is 7.35. The number of alkyl carbamates (subject to hydrolysis) is 1. The van der Waals surface area contributed by atoms with Gasteiger partial charge in [-0.05, 0) is 32.3 Å². The Bertz CT molecular complexity index is 609. The fraction of sp³-hybridized carbons (Fsp3) is 0.526. The van der Waals surface area contributed by atoms with Crippen LogP contribution in [0.2, 0.25) is 0 Å². The number of ether oxygens (including phenoxy) is 1. The summed E-state index contributed by atoms with van der Waals surface area (Å²) in [4.78, 5) is 36.0. The summed E-state index contributed by atoms with van der Waals surface area (Å²) in [5, 5.41) is 7.84. The molecule has 0 spiro atoms. The fourth-order valence-electron chi connectivity index (χ4n) is 2.12. The van der Waals surface area contributed by atoms with Crippen molar-refractivity contribution in [2.24, 2.45) is 5.92 Å². The van der Waals surface area contributed by atoms with Crippen molar-refractivity contribution in [2.45, 2.75) is 52.8 Å². The van der Waals surface area contributed by atoms with E-state index in [4.69, 9.17) is 4.74 Å². The first-order chi connectivity index (χ1) is 12.1. The molecule has 0 aliphatic heterocycles. The van der Waals surface area contributed by atoms with Gasteiger partial charge in [-0.2, -0.15) is 0 Å². The van der Waals surface area contributed by atoms with Gasteiger partial charge in [-0.3, -0.25) is 9.59 Å². The van der Waals surface area contributed by atoms with E-state index in [1.165, 1.54) is 0 Å². The van der Waals surface area contributed by atoms with E-state index in [0.717, 1.165) is 5.56 Å². The molecule has 0 heterocycles. The number of benzene rings is 1. The Morgan fingerprint density at radius 2 is 1.65 bits per heavy atom. The average Bonchev–Trinajstić information content (AvgIpc) is 2.55. The molecule has 144 valence electrons. The Labute approximate surface area is 154 Å². The van der Waals surface area contributed by atoms with E-state index in [2.05, 4.69) is 16.0 Å². The molecule has 1 aromatic rings. The number of nitrogens with one attached hydrogen (secondary N) is 3. The first kappa shape index (κ1) is 21.5. The van der Waals surface area contributed by atoms with E-state index >= 15 is 0 Å². The number of hydrogen-bond acceptors (Lipinski definition) is 4. The highest BCUT2D eigenvalue weighted by molar-refractivity contribution is 5.89. The molecule has 3 amide bonds. The summed E-state index contributed by atoms with van der Waals surface area (Å²) in [7, 11) is 0. The van der Waals surface area contributed by atoms with E-state index in [1.807, 2.05) is 44.2 Å². The minimum atomic E-state index is -0.688. The molecule has 0 aliphatic rings. The van der Waals surface area contributed by atoms with Crippen molar-refractivity contribution in [1.82, 2.24) is 16.0 Å². The van der Waals surface area contributed by atoms with Crippen LogP contribution in [0, 0.1) is 5.92 Å². The van der Waals surface area contributed by atoms with Gasteiger partial charge in [0.05, 0.1) is 0 Å². The smallest absolute Gasteiger partial charge is 0.408 e. The van der Waals surface area contributed by atoms with Crippen molar-refractivity contribution in [1.29, 1.82) is 0 Å². The van der Waals surface area contributed by atoms with E-state index in [9.17, 15) is 14.4 Å². The lowest BCUT2D eigenvalue weighted by molar-refractivity contribution is -0.129. The third kappa shape index (κ3) is 8.50. The molecule has 0 unspecified atom stereocenters. The molecule has 0 fully saturated rings. The number of carbonyl (C=O) groups is 3. The van der Waals surface area contributed by atoms with Crippen molar-refractivity contribution in [3.8, 4) is 0 Å². The first-order valence-corrected chi connectivity index (χ1v) is 8.66. The van der Waals surface area contributed by atoms with Gasteiger partial charge in [-0.1, -0.05) is 44.2 Å². The standard InChI is InChI=1S/C19H29N3O4/c1-13(2)16(17(24)20-11-14-9-7-6-8-10-14)22-15(23)12-21-18(25)26-19(3,4)5/h6-10,13,16H,11-12H2,1-5H3,(H,20,24)(H,21,25)(H,22,23)/t16-/m0/s1. The molecular weight excluding hydrogens is 334 g/mol. The summed E-state index contributed by atoms with van der Waals surface area (Å²) in [5.41, 5.74) is 0.333. The van der Waals surface area contributed by atoms with Crippen LogP contribution < -0.4 is 16.0 Å². The van der Waals surface area contributed by atoms with Gasteiger partial charge in [0.2, 0.25) is 11.8 Å². The molecule has 26 heavy (non-hydrogen) atoms. The molecule has 1 rings (SSSR count). The van der Waals surface area contributed by atoms with Gasteiger partial charge in [0.25, 0.3) is 0 Å². The summed E-state index contributed by atoms with van der Waals surface area (Å²) in [5.74, 6) is -0.824. The Hall–Kier alpha value is -2.57. The maximum Gasteiger partial charge on any atom is 0.408 e. The van der Waals surface area contributed by atoms with Crippen molar-refractivity contribution in [3.05, 3.63) is 35.9 Å². The van der Waals surface area contributed by atoms with Crippen LogP contribution in [-0.4, -0.2) is 36.1 Å². The Balaban J connectivity index is 2.49. The monoisotopic (exact) mass is 363 g/mol. The maximum absolute atomic E-state index is 12.4. The van der Waals surface area contributed by atoms with Crippen LogP contribution in [-0.2, 0) is 20.9 Å². The van der Waals surface area contributed by atoms with Crippen molar-refractivity contribution in [2.75, 3.05) is 6.54 Å². The normalized spacial score (nSPS) is 12.2. The van der Waals surface area contributed by atoms with Crippen LogP contribution in [0.15, 0.2) is 30.3 Å². The highest BCUT2D eigenvalue weighted by Gasteiger charge is 2.24. The van der Waals surface area contributed by atoms with Crippen LogP contribution in [0.4, 0.5) is 4.79 Å². The van der Waals surface area contributed by atoms with Gasteiger partial charge in [-0.25, -0.2) is 4.79 Å². The molecule has 0 radical (unpaired) electrons. The van der Waals surface area contributed by atoms with Gasteiger partial charge in [0, 0.05) is 6.54 Å². The zero-order valence-electron chi connectivity index (χ0n) is 16.1. The van der Waals surface area contributed by atoms with Crippen LogP contribution in [0.25, 0.3) is 0 Å². The van der Waals surface area contributed by atoms with E-state index in [0.29, 0.717) is 6.54 Å². The summed E-state index contributed by atoms with van der Waals surface area (Å²) < 4.78 is 5.07. The highest BCUT2D eigenvalue weighted by atomic mass is 16.6. The Kier molecular flexibility index (Phi) is 8.09.